The van der Waals surface area contributed by atoms with Gasteiger partial charge in [-0.1, -0.05) is 49.4 Å². The van der Waals surface area contributed by atoms with E-state index in [4.69, 9.17) is 0 Å². The fourth-order valence-electron chi connectivity index (χ4n) is 3.64. The number of carbonyl (C=O) groups is 1. The first-order chi connectivity index (χ1) is 16.4. The Morgan fingerprint density at radius 2 is 1.63 bits per heavy atom. The number of benzene rings is 3. The van der Waals surface area contributed by atoms with Gasteiger partial charge in [0.25, 0.3) is 10.0 Å². The highest BCUT2D eigenvalue weighted by molar-refractivity contribution is 7.92. The topological polar surface area (TPSA) is 66.5 Å². The second kappa shape index (κ2) is 10.5. The summed E-state index contributed by atoms with van der Waals surface area (Å²) in [5.41, 5.74) is 1.75. The average molecular weight is 505 g/mol. The van der Waals surface area contributed by atoms with Crippen molar-refractivity contribution in [2.75, 3.05) is 10.8 Å². The number of rotatable bonds is 8. The van der Waals surface area contributed by atoms with Crippen molar-refractivity contribution in [2.24, 2.45) is 0 Å². The molecule has 0 fully saturated rings. The zero-order valence-corrected chi connectivity index (χ0v) is 20.5. The highest BCUT2D eigenvalue weighted by atomic mass is 32.2. The Morgan fingerprint density at radius 1 is 0.943 bits per heavy atom. The molecule has 0 heterocycles. The van der Waals surface area contributed by atoms with Crippen molar-refractivity contribution in [3.05, 3.63) is 95.1 Å². The van der Waals surface area contributed by atoms with Crippen LogP contribution >= 0.6 is 0 Å². The van der Waals surface area contributed by atoms with Crippen molar-refractivity contribution in [3.8, 4) is 0 Å². The zero-order chi connectivity index (χ0) is 25.8. The minimum absolute atomic E-state index is 0.133. The highest BCUT2D eigenvalue weighted by Crippen LogP contribution is 2.33. The number of halogens is 3. The maximum atomic E-state index is 13.4. The predicted molar refractivity (Wildman–Crippen MR) is 130 cm³/mol. The molecule has 3 aromatic carbocycles. The highest BCUT2D eigenvalue weighted by Gasteiger charge is 2.33. The van der Waals surface area contributed by atoms with Crippen molar-refractivity contribution in [3.63, 3.8) is 0 Å². The lowest BCUT2D eigenvalue weighted by Crippen LogP contribution is -2.42. The number of anilines is 1. The summed E-state index contributed by atoms with van der Waals surface area (Å²) in [4.78, 5) is 12.9. The fourth-order valence-corrected chi connectivity index (χ4v) is 5.08. The number of alkyl halides is 3. The van der Waals surface area contributed by atoms with Crippen LogP contribution in [0.25, 0.3) is 0 Å². The van der Waals surface area contributed by atoms with Crippen LogP contribution in [0.4, 0.5) is 18.9 Å². The molecule has 0 saturated heterocycles. The van der Waals surface area contributed by atoms with E-state index in [-0.39, 0.29) is 16.6 Å². The number of aryl methyl sites for hydroxylation is 2. The Bertz CT molecular complexity index is 1290. The maximum Gasteiger partial charge on any atom is 0.416 e. The standard InChI is InChI=1S/C26H27F3N2O3S/c1-4-24(20-14-13-18(2)19(3)15-20)30-25(32)17-31(35(33,34)23-11-6-5-7-12-23)22-10-8-9-21(16-22)26(27,28)29/h5-16,24H,4,17H2,1-3H3,(H,30,32). The third kappa shape index (κ3) is 6.22. The first-order valence-electron chi connectivity index (χ1n) is 11.0. The minimum atomic E-state index is -4.67. The molecule has 3 aromatic rings. The third-order valence-corrected chi connectivity index (χ3v) is 7.54. The van der Waals surface area contributed by atoms with Crippen LogP contribution in [0, 0.1) is 13.8 Å². The van der Waals surface area contributed by atoms with E-state index in [1.165, 1.54) is 30.3 Å². The second-order valence-electron chi connectivity index (χ2n) is 8.24. The number of carbonyl (C=O) groups excluding carboxylic acids is 1. The van der Waals surface area contributed by atoms with E-state index in [9.17, 15) is 26.4 Å². The van der Waals surface area contributed by atoms with Gasteiger partial charge in [-0.25, -0.2) is 8.42 Å². The Balaban J connectivity index is 1.96. The lowest BCUT2D eigenvalue weighted by Gasteiger charge is -2.26. The normalized spacial score (nSPS) is 12.7. The van der Waals surface area contributed by atoms with E-state index in [1.807, 2.05) is 39.0 Å². The van der Waals surface area contributed by atoms with Gasteiger partial charge in [-0.05, 0) is 67.3 Å². The van der Waals surface area contributed by atoms with Crippen LogP contribution in [0.15, 0.2) is 77.7 Å². The molecule has 186 valence electrons. The van der Waals surface area contributed by atoms with Gasteiger partial charge in [-0.15, -0.1) is 0 Å². The molecule has 1 atom stereocenters. The summed E-state index contributed by atoms with van der Waals surface area (Å²) >= 11 is 0. The van der Waals surface area contributed by atoms with Gasteiger partial charge < -0.3 is 5.32 Å². The second-order valence-corrected chi connectivity index (χ2v) is 10.1. The summed E-state index contributed by atoms with van der Waals surface area (Å²) < 4.78 is 67.5. The van der Waals surface area contributed by atoms with Gasteiger partial charge in [0.05, 0.1) is 22.2 Å². The van der Waals surface area contributed by atoms with E-state index >= 15 is 0 Å². The molecule has 35 heavy (non-hydrogen) atoms. The molecule has 0 saturated carbocycles. The number of nitrogens with zero attached hydrogens (tertiary/aromatic N) is 1. The van der Waals surface area contributed by atoms with E-state index < -0.39 is 34.2 Å². The smallest absolute Gasteiger partial charge is 0.348 e. The van der Waals surface area contributed by atoms with Crippen LogP contribution < -0.4 is 9.62 Å². The number of nitrogens with one attached hydrogen (secondary N) is 1. The molecule has 0 aliphatic carbocycles. The molecule has 9 heteroatoms. The van der Waals surface area contributed by atoms with Crippen molar-refractivity contribution in [1.29, 1.82) is 0 Å². The van der Waals surface area contributed by atoms with Gasteiger partial charge in [0, 0.05) is 0 Å². The van der Waals surface area contributed by atoms with Crippen LogP contribution in [0.5, 0.6) is 0 Å². The van der Waals surface area contributed by atoms with E-state index in [0.717, 1.165) is 34.9 Å². The Morgan fingerprint density at radius 3 is 2.23 bits per heavy atom. The van der Waals surface area contributed by atoms with Gasteiger partial charge in [0.2, 0.25) is 5.91 Å². The van der Waals surface area contributed by atoms with E-state index in [0.29, 0.717) is 10.7 Å². The fraction of sp³-hybridized carbons (Fsp3) is 0.269. The van der Waals surface area contributed by atoms with Gasteiger partial charge in [0.1, 0.15) is 6.54 Å². The first kappa shape index (κ1) is 26.3. The summed E-state index contributed by atoms with van der Waals surface area (Å²) in [5, 5.41) is 2.83. The van der Waals surface area contributed by atoms with Crippen LogP contribution in [0.3, 0.4) is 0 Å². The SMILES string of the molecule is CCC(NC(=O)CN(c1cccc(C(F)(F)F)c1)S(=O)(=O)c1ccccc1)c1ccc(C)c(C)c1. The molecular formula is C26H27F3N2O3S. The Hall–Kier alpha value is -3.33. The van der Waals surface area contributed by atoms with Gasteiger partial charge in [0.15, 0.2) is 0 Å². The van der Waals surface area contributed by atoms with E-state index in [2.05, 4.69) is 5.32 Å². The van der Waals surface area contributed by atoms with Gasteiger partial charge >= 0.3 is 6.18 Å². The van der Waals surface area contributed by atoms with Crippen LogP contribution in [0.2, 0.25) is 0 Å². The Kier molecular flexibility index (Phi) is 7.90. The molecule has 3 rings (SSSR count). The van der Waals surface area contributed by atoms with Crippen molar-refractivity contribution in [1.82, 2.24) is 5.32 Å². The molecule has 0 aliphatic heterocycles. The quantitative estimate of drug-likeness (QED) is 0.423. The minimum Gasteiger partial charge on any atom is -0.348 e. The summed E-state index contributed by atoms with van der Waals surface area (Å²) in [5.74, 6) is -0.632. The van der Waals surface area contributed by atoms with Gasteiger partial charge in [-0.3, -0.25) is 9.10 Å². The maximum absolute atomic E-state index is 13.4. The molecule has 0 spiro atoms. The molecule has 0 aromatic heterocycles. The van der Waals surface area contributed by atoms with Gasteiger partial charge in [-0.2, -0.15) is 13.2 Å². The van der Waals surface area contributed by atoms with Crippen LogP contribution in [0.1, 0.15) is 41.6 Å². The largest absolute Gasteiger partial charge is 0.416 e. The molecule has 1 N–H and O–H groups in total. The summed E-state index contributed by atoms with van der Waals surface area (Å²) in [6.07, 6.45) is -4.12. The lowest BCUT2D eigenvalue weighted by molar-refractivity contribution is -0.137. The van der Waals surface area contributed by atoms with Crippen LogP contribution in [-0.4, -0.2) is 20.9 Å². The average Bonchev–Trinajstić information content (AvgIpc) is 2.83. The molecule has 0 bridgehead atoms. The third-order valence-electron chi connectivity index (χ3n) is 5.76. The number of amides is 1. The predicted octanol–water partition coefficient (Wildman–Crippen LogP) is 5.79. The molecule has 0 radical (unpaired) electrons. The summed E-state index contributed by atoms with van der Waals surface area (Å²) in [6, 6.07) is 16.6. The van der Waals surface area contributed by atoms with E-state index in [1.54, 1.807) is 6.07 Å². The number of sulfonamides is 1. The molecular weight excluding hydrogens is 477 g/mol. The van der Waals surface area contributed by atoms with Crippen molar-refractivity contribution < 1.29 is 26.4 Å². The summed E-state index contributed by atoms with van der Waals surface area (Å²) in [6.45, 7) is 5.13. The monoisotopic (exact) mass is 504 g/mol. The molecule has 1 unspecified atom stereocenters. The molecule has 5 nitrogen and oxygen atoms in total. The first-order valence-corrected chi connectivity index (χ1v) is 12.5. The lowest BCUT2D eigenvalue weighted by atomic mass is 9.99. The summed E-state index contributed by atoms with van der Waals surface area (Å²) in [7, 11) is -4.33. The van der Waals surface area contributed by atoms with Crippen LogP contribution in [-0.2, 0) is 21.0 Å². The number of hydrogen-bond donors (Lipinski definition) is 1. The Labute approximate surface area is 203 Å². The van der Waals surface area contributed by atoms with Crippen molar-refractivity contribution in [2.45, 2.75) is 44.3 Å². The zero-order valence-electron chi connectivity index (χ0n) is 19.6. The molecule has 1 amide bonds. The molecule has 0 aliphatic rings. The number of hydrogen-bond acceptors (Lipinski definition) is 3. The van der Waals surface area contributed by atoms with Crippen molar-refractivity contribution >= 4 is 21.6 Å².